The molecular weight excluding hydrogens is 436 g/mol. The Hall–Kier alpha value is -2.94. The molecule has 2 heterocycles. The molecule has 0 aliphatic carbocycles. The lowest BCUT2D eigenvalue weighted by atomic mass is 10.0. The van der Waals surface area contributed by atoms with Crippen LogP contribution in [-0.2, 0) is 25.6 Å². The van der Waals surface area contributed by atoms with E-state index in [1.807, 2.05) is 32.0 Å². The van der Waals surface area contributed by atoms with Crippen LogP contribution < -0.4 is 16.0 Å². The number of hydrogen-bond donors (Lipinski definition) is 4. The zero-order chi connectivity index (χ0) is 24.7. The third kappa shape index (κ3) is 6.79. The van der Waals surface area contributed by atoms with Crippen molar-refractivity contribution in [2.45, 2.75) is 76.5 Å². The van der Waals surface area contributed by atoms with E-state index in [9.17, 15) is 24.3 Å². The van der Waals surface area contributed by atoms with Gasteiger partial charge in [0.2, 0.25) is 17.7 Å². The number of nitrogens with one attached hydrogen (secondary N) is 3. The van der Waals surface area contributed by atoms with E-state index < -0.39 is 30.0 Å². The molecule has 2 fully saturated rings. The smallest absolute Gasteiger partial charge is 0.326 e. The van der Waals surface area contributed by atoms with Crippen LogP contribution in [0.2, 0.25) is 0 Å². The summed E-state index contributed by atoms with van der Waals surface area (Å²) in [7, 11) is 0. The zero-order valence-corrected chi connectivity index (χ0v) is 20.0. The van der Waals surface area contributed by atoms with Crippen LogP contribution in [0.4, 0.5) is 0 Å². The minimum atomic E-state index is -1.14. The number of rotatable bonds is 10. The van der Waals surface area contributed by atoms with Gasteiger partial charge in [-0.3, -0.25) is 14.4 Å². The Balaban J connectivity index is 1.66. The summed E-state index contributed by atoms with van der Waals surface area (Å²) >= 11 is 0. The lowest BCUT2D eigenvalue weighted by molar-refractivity contribution is -0.143. The van der Waals surface area contributed by atoms with Gasteiger partial charge in [-0.1, -0.05) is 44.2 Å². The molecule has 9 heteroatoms. The van der Waals surface area contributed by atoms with Crippen LogP contribution in [-0.4, -0.2) is 71.0 Å². The lowest BCUT2D eigenvalue weighted by Gasteiger charge is -2.29. The molecule has 186 valence electrons. The van der Waals surface area contributed by atoms with Gasteiger partial charge in [0.05, 0.1) is 6.04 Å². The van der Waals surface area contributed by atoms with Crippen LogP contribution >= 0.6 is 0 Å². The van der Waals surface area contributed by atoms with Crippen LogP contribution in [0.5, 0.6) is 0 Å². The number of carboxylic acids is 1. The maximum Gasteiger partial charge on any atom is 0.326 e. The monoisotopic (exact) mass is 472 g/mol. The summed E-state index contributed by atoms with van der Waals surface area (Å²) in [5.74, 6) is -1.99. The Kier molecular flexibility index (Phi) is 9.04. The summed E-state index contributed by atoms with van der Waals surface area (Å²) in [6.07, 6.45) is 3.48. The van der Waals surface area contributed by atoms with Gasteiger partial charge < -0.3 is 26.0 Å². The van der Waals surface area contributed by atoms with Gasteiger partial charge in [-0.25, -0.2) is 4.79 Å². The number of hydrogen-bond acceptors (Lipinski definition) is 5. The highest BCUT2D eigenvalue weighted by atomic mass is 16.4. The van der Waals surface area contributed by atoms with E-state index in [1.165, 1.54) is 0 Å². The van der Waals surface area contributed by atoms with Crippen molar-refractivity contribution in [3.63, 3.8) is 0 Å². The van der Waals surface area contributed by atoms with Crippen LogP contribution in [0.3, 0.4) is 0 Å². The third-order valence-electron chi connectivity index (χ3n) is 6.43. The second-order valence-corrected chi connectivity index (χ2v) is 9.62. The van der Waals surface area contributed by atoms with Crippen molar-refractivity contribution in [3.8, 4) is 0 Å². The first-order chi connectivity index (χ1) is 16.3. The molecule has 3 amide bonds. The van der Waals surface area contributed by atoms with Crippen molar-refractivity contribution in [2.75, 3.05) is 13.1 Å². The molecule has 4 unspecified atom stereocenters. The van der Waals surface area contributed by atoms with E-state index in [0.717, 1.165) is 31.4 Å². The normalized spacial score (nSPS) is 21.8. The van der Waals surface area contributed by atoms with E-state index in [4.69, 9.17) is 0 Å². The SMILES string of the molecule is CC(C)CC(NC(=O)C1CCCN1C(=O)C1CCCN1)C(=O)NC(Cc1ccccc1)C(=O)O. The van der Waals surface area contributed by atoms with E-state index in [2.05, 4.69) is 16.0 Å². The minimum absolute atomic E-state index is 0.0613. The Bertz CT molecular complexity index is 869. The summed E-state index contributed by atoms with van der Waals surface area (Å²) in [6, 6.07) is 6.22. The van der Waals surface area contributed by atoms with Gasteiger partial charge in [0.25, 0.3) is 0 Å². The number of carbonyl (C=O) groups excluding carboxylic acids is 3. The van der Waals surface area contributed by atoms with Gasteiger partial charge in [0, 0.05) is 13.0 Å². The van der Waals surface area contributed by atoms with Gasteiger partial charge in [-0.05, 0) is 50.1 Å². The number of benzene rings is 1. The minimum Gasteiger partial charge on any atom is -0.480 e. The van der Waals surface area contributed by atoms with Crippen molar-refractivity contribution in [2.24, 2.45) is 5.92 Å². The Morgan fingerprint density at radius 1 is 1.06 bits per heavy atom. The molecule has 2 aliphatic rings. The summed E-state index contributed by atoms with van der Waals surface area (Å²) in [5, 5.41) is 18.3. The molecule has 0 radical (unpaired) electrons. The first-order valence-electron chi connectivity index (χ1n) is 12.2. The number of likely N-dealkylation sites (tertiary alicyclic amines) is 1. The second kappa shape index (κ2) is 12.0. The van der Waals surface area contributed by atoms with Crippen molar-refractivity contribution >= 4 is 23.7 Å². The molecule has 4 N–H and O–H groups in total. The predicted octanol–water partition coefficient (Wildman–Crippen LogP) is 1.07. The fraction of sp³-hybridized carbons (Fsp3) is 0.600. The zero-order valence-electron chi connectivity index (χ0n) is 20.0. The van der Waals surface area contributed by atoms with Crippen molar-refractivity contribution in [3.05, 3.63) is 35.9 Å². The quantitative estimate of drug-likeness (QED) is 0.403. The molecule has 2 saturated heterocycles. The molecule has 1 aromatic carbocycles. The summed E-state index contributed by atoms with van der Waals surface area (Å²) < 4.78 is 0. The topological polar surface area (TPSA) is 128 Å². The number of carboxylic acid groups (broad SMARTS) is 1. The Labute approximate surface area is 200 Å². The summed E-state index contributed by atoms with van der Waals surface area (Å²) in [6.45, 7) is 5.18. The molecule has 3 rings (SSSR count). The van der Waals surface area contributed by atoms with Crippen LogP contribution in [0, 0.1) is 5.92 Å². The largest absolute Gasteiger partial charge is 0.480 e. The van der Waals surface area contributed by atoms with Crippen molar-refractivity contribution < 1.29 is 24.3 Å². The van der Waals surface area contributed by atoms with Crippen LogP contribution in [0.25, 0.3) is 0 Å². The number of nitrogens with zero attached hydrogens (tertiary/aromatic N) is 1. The highest BCUT2D eigenvalue weighted by molar-refractivity contribution is 5.94. The Morgan fingerprint density at radius 2 is 1.79 bits per heavy atom. The Morgan fingerprint density at radius 3 is 2.41 bits per heavy atom. The average molecular weight is 473 g/mol. The fourth-order valence-corrected chi connectivity index (χ4v) is 4.69. The lowest BCUT2D eigenvalue weighted by Crippen LogP contribution is -2.57. The van der Waals surface area contributed by atoms with E-state index in [1.54, 1.807) is 17.0 Å². The van der Waals surface area contributed by atoms with Crippen molar-refractivity contribution in [1.82, 2.24) is 20.9 Å². The molecule has 0 bridgehead atoms. The first-order valence-corrected chi connectivity index (χ1v) is 12.2. The fourth-order valence-electron chi connectivity index (χ4n) is 4.69. The number of aliphatic carboxylic acids is 1. The maximum atomic E-state index is 13.2. The van der Waals surface area contributed by atoms with Gasteiger partial charge >= 0.3 is 5.97 Å². The van der Waals surface area contributed by atoms with Crippen LogP contribution in [0.1, 0.15) is 51.5 Å². The van der Waals surface area contributed by atoms with Crippen molar-refractivity contribution in [1.29, 1.82) is 0 Å². The molecule has 1 aromatic rings. The highest BCUT2D eigenvalue weighted by Gasteiger charge is 2.39. The molecule has 0 saturated carbocycles. The average Bonchev–Trinajstić information content (AvgIpc) is 3.50. The number of amides is 3. The predicted molar refractivity (Wildman–Crippen MR) is 127 cm³/mol. The maximum absolute atomic E-state index is 13.2. The summed E-state index contributed by atoms with van der Waals surface area (Å²) in [5.41, 5.74) is 0.792. The van der Waals surface area contributed by atoms with Gasteiger partial charge in [-0.2, -0.15) is 0 Å². The van der Waals surface area contributed by atoms with Gasteiger partial charge in [0.1, 0.15) is 18.1 Å². The number of carbonyl (C=O) groups is 4. The molecular formula is C25H36N4O5. The second-order valence-electron chi connectivity index (χ2n) is 9.62. The molecule has 9 nitrogen and oxygen atoms in total. The van der Waals surface area contributed by atoms with E-state index >= 15 is 0 Å². The van der Waals surface area contributed by atoms with Crippen LogP contribution in [0.15, 0.2) is 30.3 Å². The standard InChI is InChI=1S/C25H36N4O5/c1-16(2)14-19(22(30)28-20(25(33)34)15-17-8-4-3-5-9-17)27-23(31)21-11-7-13-29(21)24(32)18-10-6-12-26-18/h3-5,8-9,16,18-21,26H,6-7,10-15H2,1-2H3,(H,27,31)(H,28,30)(H,33,34). The molecule has 34 heavy (non-hydrogen) atoms. The first kappa shape index (κ1) is 25.7. The summed E-state index contributed by atoms with van der Waals surface area (Å²) in [4.78, 5) is 52.6. The highest BCUT2D eigenvalue weighted by Crippen LogP contribution is 2.21. The third-order valence-corrected chi connectivity index (χ3v) is 6.43. The molecule has 2 aliphatic heterocycles. The van der Waals surface area contributed by atoms with Gasteiger partial charge in [-0.15, -0.1) is 0 Å². The van der Waals surface area contributed by atoms with E-state index in [-0.39, 0.29) is 30.2 Å². The van der Waals surface area contributed by atoms with E-state index in [0.29, 0.717) is 19.4 Å². The molecule has 0 aromatic heterocycles. The molecule has 0 spiro atoms. The molecule has 4 atom stereocenters. The van der Waals surface area contributed by atoms with Gasteiger partial charge in [0.15, 0.2) is 0 Å².